The van der Waals surface area contributed by atoms with Crippen molar-refractivity contribution in [1.82, 2.24) is 14.5 Å². The summed E-state index contributed by atoms with van der Waals surface area (Å²) in [5, 5.41) is 3.84. The van der Waals surface area contributed by atoms with Gasteiger partial charge in [0, 0.05) is 18.8 Å². The van der Waals surface area contributed by atoms with Gasteiger partial charge in [-0.1, -0.05) is 18.2 Å². The van der Waals surface area contributed by atoms with Crippen LogP contribution in [-0.2, 0) is 17.1 Å². The SMILES string of the molecule is Cn1cc(S(=O)(=O)NC2COc3ccccc32)c(N)n1. The Hall–Kier alpha value is -2.06. The highest BCUT2D eigenvalue weighted by molar-refractivity contribution is 7.89. The Kier molecular flexibility index (Phi) is 2.91. The van der Waals surface area contributed by atoms with Crippen LogP contribution < -0.4 is 15.2 Å². The van der Waals surface area contributed by atoms with Crippen LogP contribution in [0.5, 0.6) is 5.75 Å². The van der Waals surface area contributed by atoms with E-state index in [-0.39, 0.29) is 17.3 Å². The predicted octanol–water partition coefficient (Wildman–Crippen LogP) is 0.414. The molecule has 7 nitrogen and oxygen atoms in total. The number of rotatable bonds is 3. The highest BCUT2D eigenvalue weighted by atomic mass is 32.2. The molecule has 1 aromatic heterocycles. The molecule has 106 valence electrons. The first-order valence-electron chi connectivity index (χ1n) is 6.00. The molecule has 0 saturated heterocycles. The number of para-hydroxylation sites is 1. The van der Waals surface area contributed by atoms with Crippen molar-refractivity contribution in [2.24, 2.45) is 7.05 Å². The molecule has 0 radical (unpaired) electrons. The summed E-state index contributed by atoms with van der Waals surface area (Å²) in [6, 6.07) is 6.91. The van der Waals surface area contributed by atoms with Gasteiger partial charge in [0.25, 0.3) is 0 Å². The van der Waals surface area contributed by atoms with Crippen LogP contribution in [0.3, 0.4) is 0 Å². The number of nitrogens with one attached hydrogen (secondary N) is 1. The van der Waals surface area contributed by atoms with Crippen molar-refractivity contribution in [3.05, 3.63) is 36.0 Å². The Bertz CT molecular complexity index is 754. The molecule has 20 heavy (non-hydrogen) atoms. The van der Waals surface area contributed by atoms with Crippen LogP contribution in [0.2, 0.25) is 0 Å². The van der Waals surface area contributed by atoms with Crippen LogP contribution in [0.15, 0.2) is 35.4 Å². The number of benzene rings is 1. The molecule has 1 aliphatic heterocycles. The summed E-state index contributed by atoms with van der Waals surface area (Å²) in [7, 11) is -2.12. The molecule has 1 atom stereocenters. The molecule has 2 aromatic rings. The van der Waals surface area contributed by atoms with Crippen molar-refractivity contribution < 1.29 is 13.2 Å². The highest BCUT2D eigenvalue weighted by Gasteiger charge is 2.30. The lowest BCUT2D eigenvalue weighted by atomic mass is 10.1. The van der Waals surface area contributed by atoms with Crippen LogP contribution in [0.25, 0.3) is 0 Å². The standard InChI is InChI=1S/C12H14N4O3S/c1-16-6-11(12(13)14-16)20(17,18)15-9-7-19-10-5-3-2-4-8(9)10/h2-6,9,15H,7H2,1H3,(H2,13,14). The minimum atomic E-state index is -3.73. The zero-order valence-electron chi connectivity index (χ0n) is 10.8. The molecule has 0 amide bonds. The lowest BCUT2D eigenvalue weighted by molar-refractivity contribution is 0.325. The lowest BCUT2D eigenvalue weighted by Crippen LogP contribution is -2.29. The number of aromatic nitrogens is 2. The number of sulfonamides is 1. The average Bonchev–Trinajstić information content (AvgIpc) is 2.94. The van der Waals surface area contributed by atoms with E-state index in [9.17, 15) is 8.42 Å². The van der Waals surface area contributed by atoms with Gasteiger partial charge in [0.2, 0.25) is 10.0 Å². The van der Waals surface area contributed by atoms with Gasteiger partial charge in [0.1, 0.15) is 17.3 Å². The summed E-state index contributed by atoms with van der Waals surface area (Å²) in [6.07, 6.45) is 1.37. The molecule has 3 N–H and O–H groups in total. The van der Waals surface area contributed by atoms with Gasteiger partial charge in [0.15, 0.2) is 5.82 Å². The number of hydrogen-bond donors (Lipinski definition) is 2. The van der Waals surface area contributed by atoms with Crippen LogP contribution in [0, 0.1) is 0 Å². The van der Waals surface area contributed by atoms with Crippen molar-refractivity contribution in [3.8, 4) is 5.75 Å². The van der Waals surface area contributed by atoms with E-state index >= 15 is 0 Å². The fourth-order valence-electron chi connectivity index (χ4n) is 2.20. The number of fused-ring (bicyclic) bond motifs is 1. The number of ether oxygens (including phenoxy) is 1. The molecule has 1 aliphatic rings. The van der Waals surface area contributed by atoms with Gasteiger partial charge >= 0.3 is 0 Å². The number of nitrogen functional groups attached to an aromatic ring is 1. The number of anilines is 1. The summed E-state index contributed by atoms with van der Waals surface area (Å²) in [4.78, 5) is -0.0237. The Labute approximate surface area is 116 Å². The van der Waals surface area contributed by atoms with Gasteiger partial charge in [-0.25, -0.2) is 8.42 Å². The zero-order chi connectivity index (χ0) is 14.3. The van der Waals surface area contributed by atoms with Crippen molar-refractivity contribution in [1.29, 1.82) is 0 Å². The highest BCUT2D eigenvalue weighted by Crippen LogP contribution is 2.33. The monoisotopic (exact) mass is 294 g/mol. The minimum Gasteiger partial charge on any atom is -0.491 e. The molecule has 0 fully saturated rings. The van der Waals surface area contributed by atoms with Gasteiger partial charge in [-0.2, -0.15) is 9.82 Å². The van der Waals surface area contributed by atoms with Gasteiger partial charge in [-0.15, -0.1) is 0 Å². The predicted molar refractivity (Wildman–Crippen MR) is 72.6 cm³/mol. The van der Waals surface area contributed by atoms with E-state index in [2.05, 4.69) is 9.82 Å². The van der Waals surface area contributed by atoms with Crippen LogP contribution in [-0.4, -0.2) is 24.8 Å². The lowest BCUT2D eigenvalue weighted by Gasteiger charge is -2.11. The average molecular weight is 294 g/mol. The Morgan fingerprint density at radius 1 is 1.45 bits per heavy atom. The maximum atomic E-state index is 12.3. The van der Waals surface area contributed by atoms with E-state index in [1.54, 1.807) is 7.05 Å². The number of nitrogens with two attached hydrogens (primary N) is 1. The molecule has 1 unspecified atom stereocenters. The molecule has 0 saturated carbocycles. The summed E-state index contributed by atoms with van der Waals surface area (Å²) >= 11 is 0. The third-order valence-electron chi connectivity index (χ3n) is 3.11. The summed E-state index contributed by atoms with van der Waals surface area (Å²) in [6.45, 7) is 0.263. The third kappa shape index (κ3) is 2.12. The van der Waals surface area contributed by atoms with Crippen molar-refractivity contribution in [2.75, 3.05) is 12.3 Å². The van der Waals surface area contributed by atoms with E-state index in [1.807, 2.05) is 24.3 Å². The van der Waals surface area contributed by atoms with Crippen LogP contribution in [0.1, 0.15) is 11.6 Å². The van der Waals surface area contributed by atoms with Crippen molar-refractivity contribution >= 4 is 15.8 Å². The normalized spacial score (nSPS) is 17.8. The van der Waals surface area contributed by atoms with Crippen molar-refractivity contribution in [2.45, 2.75) is 10.9 Å². The van der Waals surface area contributed by atoms with E-state index < -0.39 is 16.1 Å². The maximum absolute atomic E-state index is 12.3. The fraction of sp³-hybridized carbons (Fsp3) is 0.250. The number of nitrogens with zero attached hydrogens (tertiary/aromatic N) is 2. The Morgan fingerprint density at radius 3 is 2.90 bits per heavy atom. The largest absolute Gasteiger partial charge is 0.491 e. The van der Waals surface area contributed by atoms with Crippen LogP contribution >= 0.6 is 0 Å². The Morgan fingerprint density at radius 2 is 2.20 bits per heavy atom. The van der Waals surface area contributed by atoms with Gasteiger partial charge < -0.3 is 10.5 Å². The maximum Gasteiger partial charge on any atom is 0.246 e. The fourth-order valence-corrected chi connectivity index (χ4v) is 3.51. The summed E-state index contributed by atoms with van der Waals surface area (Å²) in [5.74, 6) is 0.673. The second kappa shape index (κ2) is 4.50. The van der Waals surface area contributed by atoms with E-state index in [0.29, 0.717) is 5.75 Å². The second-order valence-electron chi connectivity index (χ2n) is 4.57. The summed E-state index contributed by atoms with van der Waals surface area (Å²) < 4.78 is 34.1. The van der Waals surface area contributed by atoms with Gasteiger partial charge in [0.05, 0.1) is 6.04 Å². The van der Waals surface area contributed by atoms with Gasteiger partial charge in [-0.3, -0.25) is 4.68 Å². The molecule has 0 bridgehead atoms. The second-order valence-corrected chi connectivity index (χ2v) is 6.26. The summed E-state index contributed by atoms with van der Waals surface area (Å²) in [5.41, 5.74) is 6.43. The topological polar surface area (TPSA) is 99.2 Å². The quantitative estimate of drug-likeness (QED) is 0.854. The van der Waals surface area contributed by atoms with Gasteiger partial charge in [-0.05, 0) is 6.07 Å². The molecule has 3 rings (SSSR count). The number of aryl methyl sites for hydroxylation is 1. The first-order valence-corrected chi connectivity index (χ1v) is 7.49. The molecule has 2 heterocycles. The number of hydrogen-bond acceptors (Lipinski definition) is 5. The van der Waals surface area contributed by atoms with E-state index in [0.717, 1.165) is 5.56 Å². The zero-order valence-corrected chi connectivity index (χ0v) is 11.6. The third-order valence-corrected chi connectivity index (χ3v) is 4.60. The molecule has 0 spiro atoms. The molecule has 8 heteroatoms. The van der Waals surface area contributed by atoms with E-state index in [1.165, 1.54) is 10.9 Å². The van der Waals surface area contributed by atoms with Crippen molar-refractivity contribution in [3.63, 3.8) is 0 Å². The molecular formula is C12H14N4O3S. The minimum absolute atomic E-state index is 0.0211. The van der Waals surface area contributed by atoms with E-state index in [4.69, 9.17) is 10.5 Å². The molecular weight excluding hydrogens is 280 g/mol. The molecule has 1 aromatic carbocycles. The molecule has 0 aliphatic carbocycles. The first-order chi connectivity index (χ1) is 9.47. The van der Waals surface area contributed by atoms with Crippen LogP contribution in [0.4, 0.5) is 5.82 Å². The Balaban J connectivity index is 1.90. The first kappa shape index (κ1) is 12.9. The smallest absolute Gasteiger partial charge is 0.246 e.